The van der Waals surface area contributed by atoms with Gasteiger partial charge < -0.3 is 4.90 Å². The lowest BCUT2D eigenvalue weighted by atomic mass is 9.96. The van der Waals surface area contributed by atoms with Crippen LogP contribution in [0.3, 0.4) is 0 Å². The van der Waals surface area contributed by atoms with Crippen LogP contribution in [0.4, 0.5) is 5.69 Å². The highest BCUT2D eigenvalue weighted by Crippen LogP contribution is 2.34. The number of amides is 1. The number of fused-ring (bicyclic) bond motifs is 2. The van der Waals surface area contributed by atoms with Crippen molar-refractivity contribution in [3.05, 3.63) is 29.8 Å². The van der Waals surface area contributed by atoms with Gasteiger partial charge in [-0.25, -0.2) is 5.43 Å². The number of nitrogens with one attached hydrogen (secondary N) is 2. The molecule has 1 saturated carbocycles. The van der Waals surface area contributed by atoms with Crippen LogP contribution in [0.2, 0.25) is 0 Å². The van der Waals surface area contributed by atoms with Crippen molar-refractivity contribution in [2.75, 3.05) is 11.4 Å². The van der Waals surface area contributed by atoms with E-state index in [4.69, 9.17) is 0 Å². The maximum atomic E-state index is 12.8. The number of hydrogen-bond donors (Lipinski definition) is 2. The summed E-state index contributed by atoms with van der Waals surface area (Å²) in [6.45, 7) is 0.827. The molecule has 0 bridgehead atoms. The fraction of sp³-hybridized carbons (Fsp3) is 0.533. The summed E-state index contributed by atoms with van der Waals surface area (Å²) in [5, 5.41) is 0. The SMILES string of the molecule is O=C(C1NNC2CCCC21)N1CCc2ccccc21. The molecule has 4 heteroatoms. The van der Waals surface area contributed by atoms with Gasteiger partial charge >= 0.3 is 0 Å². The normalized spacial score (nSPS) is 32.4. The second-order valence-electron chi connectivity index (χ2n) is 5.84. The molecule has 1 aromatic rings. The van der Waals surface area contributed by atoms with Crippen molar-refractivity contribution in [2.24, 2.45) is 5.92 Å². The number of carbonyl (C=O) groups is 1. The molecule has 3 unspecified atom stereocenters. The summed E-state index contributed by atoms with van der Waals surface area (Å²) in [5.41, 5.74) is 8.93. The van der Waals surface area contributed by atoms with Gasteiger partial charge in [0.25, 0.3) is 0 Å². The summed E-state index contributed by atoms with van der Waals surface area (Å²) in [7, 11) is 0. The molecule has 2 fully saturated rings. The van der Waals surface area contributed by atoms with Crippen molar-refractivity contribution in [3.63, 3.8) is 0 Å². The average molecular weight is 257 g/mol. The molecule has 1 amide bonds. The van der Waals surface area contributed by atoms with Crippen molar-refractivity contribution >= 4 is 11.6 Å². The Morgan fingerprint density at radius 2 is 2.11 bits per heavy atom. The fourth-order valence-corrected chi connectivity index (χ4v) is 3.85. The van der Waals surface area contributed by atoms with E-state index in [1.54, 1.807) is 0 Å². The fourth-order valence-electron chi connectivity index (χ4n) is 3.85. The molecule has 0 aromatic heterocycles. The summed E-state index contributed by atoms with van der Waals surface area (Å²) in [5.74, 6) is 0.715. The first-order valence-corrected chi connectivity index (χ1v) is 7.25. The predicted molar refractivity (Wildman–Crippen MR) is 73.7 cm³/mol. The van der Waals surface area contributed by atoms with Crippen molar-refractivity contribution in [2.45, 2.75) is 37.8 Å². The van der Waals surface area contributed by atoms with E-state index in [0.29, 0.717) is 12.0 Å². The summed E-state index contributed by atoms with van der Waals surface area (Å²) in [4.78, 5) is 14.7. The minimum Gasteiger partial charge on any atom is -0.310 e. The van der Waals surface area contributed by atoms with Gasteiger partial charge in [-0.15, -0.1) is 0 Å². The van der Waals surface area contributed by atoms with E-state index in [0.717, 1.165) is 25.1 Å². The van der Waals surface area contributed by atoms with E-state index in [2.05, 4.69) is 29.1 Å². The molecular formula is C15H19N3O. The van der Waals surface area contributed by atoms with Gasteiger partial charge in [-0.3, -0.25) is 10.2 Å². The standard InChI is InChI=1S/C15H19N3O/c19-15(14-11-5-3-6-12(11)16-17-14)18-9-8-10-4-1-2-7-13(10)18/h1-2,4,7,11-12,14,16-17H,3,5-6,8-9H2. The molecule has 3 atom stereocenters. The van der Waals surface area contributed by atoms with E-state index in [9.17, 15) is 4.79 Å². The molecule has 0 radical (unpaired) electrons. The van der Waals surface area contributed by atoms with E-state index < -0.39 is 0 Å². The van der Waals surface area contributed by atoms with Gasteiger partial charge in [0.1, 0.15) is 6.04 Å². The smallest absolute Gasteiger partial charge is 0.245 e. The van der Waals surface area contributed by atoms with Crippen LogP contribution in [0, 0.1) is 5.92 Å². The van der Waals surface area contributed by atoms with Crippen LogP contribution in [0.25, 0.3) is 0 Å². The third-order valence-electron chi connectivity index (χ3n) is 4.84. The Balaban J connectivity index is 1.59. The van der Waals surface area contributed by atoms with Gasteiger partial charge in [0, 0.05) is 24.2 Å². The van der Waals surface area contributed by atoms with Gasteiger partial charge in [0.05, 0.1) is 0 Å². The van der Waals surface area contributed by atoms with Gasteiger partial charge in [-0.05, 0) is 30.9 Å². The number of para-hydroxylation sites is 1. The first-order valence-electron chi connectivity index (χ1n) is 7.25. The molecule has 4 rings (SSSR count). The van der Waals surface area contributed by atoms with Crippen LogP contribution in [0.5, 0.6) is 0 Å². The molecule has 1 aromatic carbocycles. The number of anilines is 1. The van der Waals surface area contributed by atoms with E-state index in [1.807, 2.05) is 11.0 Å². The third-order valence-corrected chi connectivity index (χ3v) is 4.84. The van der Waals surface area contributed by atoms with Crippen LogP contribution in [-0.2, 0) is 11.2 Å². The Hall–Kier alpha value is -1.39. The van der Waals surface area contributed by atoms with E-state index >= 15 is 0 Å². The molecule has 1 saturated heterocycles. The molecule has 100 valence electrons. The maximum absolute atomic E-state index is 12.8. The quantitative estimate of drug-likeness (QED) is 0.795. The molecule has 1 aliphatic carbocycles. The molecule has 4 nitrogen and oxygen atoms in total. The van der Waals surface area contributed by atoms with E-state index in [-0.39, 0.29) is 11.9 Å². The minimum atomic E-state index is -0.0429. The Morgan fingerprint density at radius 3 is 3.05 bits per heavy atom. The Morgan fingerprint density at radius 1 is 1.21 bits per heavy atom. The van der Waals surface area contributed by atoms with Crippen LogP contribution in [0.1, 0.15) is 24.8 Å². The number of rotatable bonds is 1. The zero-order valence-electron chi connectivity index (χ0n) is 10.9. The van der Waals surface area contributed by atoms with Crippen LogP contribution in [0.15, 0.2) is 24.3 Å². The second kappa shape index (κ2) is 4.32. The molecule has 2 N–H and O–H groups in total. The first-order chi connectivity index (χ1) is 9.34. The second-order valence-corrected chi connectivity index (χ2v) is 5.84. The number of carbonyl (C=O) groups excluding carboxylic acids is 1. The lowest BCUT2D eigenvalue weighted by molar-refractivity contribution is -0.121. The van der Waals surface area contributed by atoms with Crippen LogP contribution in [-0.4, -0.2) is 24.5 Å². The van der Waals surface area contributed by atoms with Gasteiger partial charge in [0.2, 0.25) is 5.91 Å². The minimum absolute atomic E-state index is 0.0429. The lowest BCUT2D eigenvalue weighted by Crippen LogP contribution is -2.47. The number of benzene rings is 1. The zero-order chi connectivity index (χ0) is 12.8. The zero-order valence-corrected chi connectivity index (χ0v) is 10.9. The van der Waals surface area contributed by atoms with E-state index in [1.165, 1.54) is 18.4 Å². The molecule has 0 spiro atoms. The monoisotopic (exact) mass is 257 g/mol. The molecule has 19 heavy (non-hydrogen) atoms. The number of nitrogens with zero attached hydrogens (tertiary/aromatic N) is 1. The molecule has 3 aliphatic rings. The molecule has 2 aliphatic heterocycles. The van der Waals surface area contributed by atoms with Crippen molar-refractivity contribution in [1.82, 2.24) is 10.9 Å². The Labute approximate surface area is 113 Å². The molecular weight excluding hydrogens is 238 g/mol. The first kappa shape index (κ1) is 11.4. The number of hydrazine groups is 1. The third kappa shape index (κ3) is 1.70. The lowest BCUT2D eigenvalue weighted by Gasteiger charge is -2.24. The highest BCUT2D eigenvalue weighted by molar-refractivity contribution is 5.99. The van der Waals surface area contributed by atoms with Crippen molar-refractivity contribution in [3.8, 4) is 0 Å². The highest BCUT2D eigenvalue weighted by atomic mass is 16.2. The highest BCUT2D eigenvalue weighted by Gasteiger charge is 2.44. The summed E-state index contributed by atoms with van der Waals surface area (Å²) >= 11 is 0. The summed E-state index contributed by atoms with van der Waals surface area (Å²) < 4.78 is 0. The van der Waals surface area contributed by atoms with Gasteiger partial charge in [-0.2, -0.15) is 0 Å². The molecule has 2 heterocycles. The number of hydrogen-bond acceptors (Lipinski definition) is 3. The largest absolute Gasteiger partial charge is 0.310 e. The Kier molecular flexibility index (Phi) is 2.60. The topological polar surface area (TPSA) is 44.4 Å². The summed E-state index contributed by atoms with van der Waals surface area (Å²) in [6, 6.07) is 8.71. The Bertz CT molecular complexity index is 516. The van der Waals surface area contributed by atoms with Gasteiger partial charge in [0.15, 0.2) is 0 Å². The van der Waals surface area contributed by atoms with Crippen molar-refractivity contribution in [1.29, 1.82) is 0 Å². The van der Waals surface area contributed by atoms with Crippen LogP contribution >= 0.6 is 0 Å². The average Bonchev–Trinajstić information content (AvgIpc) is 3.12. The van der Waals surface area contributed by atoms with Crippen LogP contribution < -0.4 is 15.8 Å². The predicted octanol–water partition coefficient (Wildman–Crippen LogP) is 1.22. The summed E-state index contributed by atoms with van der Waals surface area (Å²) in [6.07, 6.45) is 4.58. The van der Waals surface area contributed by atoms with Crippen molar-refractivity contribution < 1.29 is 4.79 Å². The maximum Gasteiger partial charge on any atom is 0.245 e. The van der Waals surface area contributed by atoms with Gasteiger partial charge in [-0.1, -0.05) is 24.6 Å².